The van der Waals surface area contributed by atoms with Crippen LogP contribution in [-0.2, 0) is 11.8 Å². The zero-order valence-corrected chi connectivity index (χ0v) is 16.2. The molecule has 0 unspecified atom stereocenters. The third kappa shape index (κ3) is 3.82. The van der Waals surface area contributed by atoms with Crippen LogP contribution < -0.4 is 5.56 Å². The SMILES string of the molecule is Cn1c([C@@H]2CCCN(C(=O)OC(C)(C)C)C2)nc2cnc(Cl)cc2c1=O. The Morgan fingerprint density at radius 3 is 2.81 bits per heavy atom. The Morgan fingerprint density at radius 1 is 1.38 bits per heavy atom. The van der Waals surface area contributed by atoms with Gasteiger partial charge in [-0.1, -0.05) is 11.6 Å². The van der Waals surface area contributed by atoms with Crippen LogP contribution in [0.25, 0.3) is 10.9 Å². The van der Waals surface area contributed by atoms with Gasteiger partial charge in [0.1, 0.15) is 16.6 Å². The molecule has 1 aliphatic rings. The van der Waals surface area contributed by atoms with Gasteiger partial charge in [0.15, 0.2) is 0 Å². The molecule has 0 bridgehead atoms. The standard InChI is InChI=1S/C18H23ClN4O3/c1-18(2,3)26-17(25)23-7-5-6-11(10-23)15-21-13-9-20-14(19)8-12(13)16(24)22(15)4/h8-9,11H,5-7,10H2,1-4H3/t11-/m1/s1. The fourth-order valence-electron chi connectivity index (χ4n) is 3.21. The number of carbonyl (C=O) groups is 1. The molecule has 3 rings (SSSR count). The monoisotopic (exact) mass is 378 g/mol. The lowest BCUT2D eigenvalue weighted by Crippen LogP contribution is -2.43. The van der Waals surface area contributed by atoms with Crippen molar-refractivity contribution in [3.8, 4) is 0 Å². The zero-order valence-electron chi connectivity index (χ0n) is 15.5. The van der Waals surface area contributed by atoms with Crippen molar-refractivity contribution in [2.75, 3.05) is 13.1 Å². The first kappa shape index (κ1) is 18.6. The number of nitrogens with zero attached hydrogens (tertiary/aromatic N) is 4. The van der Waals surface area contributed by atoms with Crippen LogP contribution in [0.3, 0.4) is 0 Å². The minimum absolute atomic E-state index is 0.0333. The number of likely N-dealkylation sites (tertiary alicyclic amines) is 1. The van der Waals surface area contributed by atoms with Crippen LogP contribution in [0.1, 0.15) is 45.4 Å². The maximum Gasteiger partial charge on any atom is 0.410 e. The molecule has 2 aromatic heterocycles. The number of fused-ring (bicyclic) bond motifs is 1. The van der Waals surface area contributed by atoms with E-state index in [-0.39, 0.29) is 22.7 Å². The van der Waals surface area contributed by atoms with Gasteiger partial charge in [-0.2, -0.15) is 0 Å². The summed E-state index contributed by atoms with van der Waals surface area (Å²) in [5, 5.41) is 0.703. The average molecular weight is 379 g/mol. The van der Waals surface area contributed by atoms with E-state index < -0.39 is 5.60 Å². The van der Waals surface area contributed by atoms with E-state index in [1.54, 1.807) is 16.5 Å². The molecule has 1 atom stereocenters. The molecule has 0 saturated carbocycles. The van der Waals surface area contributed by atoms with Crippen molar-refractivity contribution >= 4 is 28.6 Å². The van der Waals surface area contributed by atoms with Gasteiger partial charge in [0.25, 0.3) is 5.56 Å². The Kier molecular flexibility index (Phi) is 4.92. The van der Waals surface area contributed by atoms with Gasteiger partial charge in [-0.25, -0.2) is 14.8 Å². The predicted octanol–water partition coefficient (Wildman–Crippen LogP) is 3.10. The lowest BCUT2D eigenvalue weighted by Gasteiger charge is -2.34. The zero-order chi connectivity index (χ0) is 19.1. The molecule has 7 nitrogen and oxygen atoms in total. The maximum absolute atomic E-state index is 12.7. The van der Waals surface area contributed by atoms with E-state index in [4.69, 9.17) is 16.3 Å². The number of piperidine rings is 1. The van der Waals surface area contributed by atoms with Crippen molar-refractivity contribution in [3.63, 3.8) is 0 Å². The minimum Gasteiger partial charge on any atom is -0.444 e. The molecule has 0 aromatic carbocycles. The van der Waals surface area contributed by atoms with Crippen molar-refractivity contribution in [2.45, 2.75) is 45.1 Å². The highest BCUT2D eigenvalue weighted by atomic mass is 35.5. The summed E-state index contributed by atoms with van der Waals surface area (Å²) in [6.45, 7) is 6.66. The smallest absolute Gasteiger partial charge is 0.410 e. The third-order valence-electron chi connectivity index (χ3n) is 4.40. The fraction of sp³-hybridized carbons (Fsp3) is 0.556. The van der Waals surface area contributed by atoms with Gasteiger partial charge in [-0.05, 0) is 39.7 Å². The molecule has 8 heteroatoms. The van der Waals surface area contributed by atoms with Gasteiger partial charge in [0, 0.05) is 26.1 Å². The minimum atomic E-state index is -0.539. The van der Waals surface area contributed by atoms with Crippen LogP contribution in [0.2, 0.25) is 5.15 Å². The number of carbonyl (C=O) groups excluding carboxylic acids is 1. The van der Waals surface area contributed by atoms with Crippen molar-refractivity contribution in [1.29, 1.82) is 0 Å². The van der Waals surface area contributed by atoms with Crippen molar-refractivity contribution in [1.82, 2.24) is 19.4 Å². The highest BCUT2D eigenvalue weighted by Crippen LogP contribution is 2.27. The second-order valence-corrected chi connectivity index (χ2v) is 8.01. The Hall–Kier alpha value is -2.15. The van der Waals surface area contributed by atoms with Crippen LogP contribution in [0, 0.1) is 0 Å². The maximum atomic E-state index is 12.7. The van der Waals surface area contributed by atoms with Crippen molar-refractivity contribution in [3.05, 3.63) is 33.6 Å². The Balaban J connectivity index is 1.91. The van der Waals surface area contributed by atoms with Crippen LogP contribution in [-0.4, -0.2) is 44.2 Å². The number of aromatic nitrogens is 3. The van der Waals surface area contributed by atoms with E-state index >= 15 is 0 Å². The van der Waals surface area contributed by atoms with Crippen LogP contribution in [0.5, 0.6) is 0 Å². The lowest BCUT2D eigenvalue weighted by atomic mass is 9.97. The van der Waals surface area contributed by atoms with Gasteiger partial charge in [-0.15, -0.1) is 0 Å². The summed E-state index contributed by atoms with van der Waals surface area (Å²) in [4.78, 5) is 35.4. The molecule has 0 spiro atoms. The summed E-state index contributed by atoms with van der Waals surface area (Å²) >= 11 is 5.89. The molecule has 0 aliphatic carbocycles. The highest BCUT2D eigenvalue weighted by molar-refractivity contribution is 6.30. The summed E-state index contributed by atoms with van der Waals surface area (Å²) in [5.41, 5.74) is -0.186. The van der Waals surface area contributed by atoms with E-state index in [1.807, 2.05) is 20.8 Å². The molecule has 3 heterocycles. The quantitative estimate of drug-likeness (QED) is 0.712. The summed E-state index contributed by atoms with van der Waals surface area (Å²) < 4.78 is 7.02. The highest BCUT2D eigenvalue weighted by Gasteiger charge is 2.30. The summed E-state index contributed by atoms with van der Waals surface area (Å²) in [6, 6.07) is 1.53. The first-order valence-electron chi connectivity index (χ1n) is 8.66. The molecule has 1 amide bonds. The molecule has 140 valence electrons. The summed E-state index contributed by atoms with van der Waals surface area (Å²) in [5.74, 6) is 0.619. The number of amides is 1. The molecule has 0 N–H and O–H groups in total. The normalized spacial score (nSPS) is 18.2. The molecule has 1 fully saturated rings. The van der Waals surface area contributed by atoms with Gasteiger partial charge in [-0.3, -0.25) is 9.36 Å². The molecular weight excluding hydrogens is 356 g/mol. The van der Waals surface area contributed by atoms with Crippen LogP contribution in [0.4, 0.5) is 4.79 Å². The number of hydrogen-bond donors (Lipinski definition) is 0. The third-order valence-corrected chi connectivity index (χ3v) is 4.61. The number of pyridine rings is 1. The summed E-state index contributed by atoms with van der Waals surface area (Å²) in [6.07, 6.45) is 2.86. The number of hydrogen-bond acceptors (Lipinski definition) is 5. The largest absolute Gasteiger partial charge is 0.444 e. The van der Waals surface area contributed by atoms with Crippen LogP contribution >= 0.6 is 11.6 Å². The van der Waals surface area contributed by atoms with E-state index in [0.717, 1.165) is 12.8 Å². The predicted molar refractivity (Wildman–Crippen MR) is 99.6 cm³/mol. The van der Waals surface area contributed by atoms with Crippen molar-refractivity contribution < 1.29 is 9.53 Å². The average Bonchev–Trinajstić information content (AvgIpc) is 2.57. The number of halogens is 1. The first-order valence-corrected chi connectivity index (χ1v) is 9.03. The number of ether oxygens (including phenoxy) is 1. The second-order valence-electron chi connectivity index (χ2n) is 7.62. The molecule has 1 saturated heterocycles. The van der Waals surface area contributed by atoms with Gasteiger partial charge < -0.3 is 9.64 Å². The molecule has 1 aliphatic heterocycles. The Bertz CT molecular complexity index is 904. The molecule has 26 heavy (non-hydrogen) atoms. The van der Waals surface area contributed by atoms with E-state index in [1.165, 1.54) is 12.3 Å². The van der Waals surface area contributed by atoms with Gasteiger partial charge >= 0.3 is 6.09 Å². The number of rotatable bonds is 1. The van der Waals surface area contributed by atoms with Gasteiger partial charge in [0.05, 0.1) is 17.1 Å². The van der Waals surface area contributed by atoms with Crippen LogP contribution in [0.15, 0.2) is 17.1 Å². The van der Waals surface area contributed by atoms with E-state index in [2.05, 4.69) is 9.97 Å². The topological polar surface area (TPSA) is 77.3 Å². The Morgan fingerprint density at radius 2 is 2.12 bits per heavy atom. The summed E-state index contributed by atoms with van der Waals surface area (Å²) in [7, 11) is 1.70. The molecular formula is C18H23ClN4O3. The molecule has 0 radical (unpaired) electrons. The first-order chi connectivity index (χ1) is 12.2. The van der Waals surface area contributed by atoms with E-state index in [9.17, 15) is 9.59 Å². The van der Waals surface area contributed by atoms with E-state index in [0.29, 0.717) is 29.8 Å². The fourth-order valence-corrected chi connectivity index (χ4v) is 3.37. The second kappa shape index (κ2) is 6.87. The van der Waals surface area contributed by atoms with Crippen molar-refractivity contribution in [2.24, 2.45) is 7.05 Å². The Labute approximate surface area is 156 Å². The van der Waals surface area contributed by atoms with Gasteiger partial charge in [0.2, 0.25) is 0 Å². The lowest BCUT2D eigenvalue weighted by molar-refractivity contribution is 0.0195. The molecule has 2 aromatic rings.